The number of carbonyl (C=O) groups is 2. The maximum absolute atomic E-state index is 12.4. The second-order valence-corrected chi connectivity index (χ2v) is 5.27. The second-order valence-electron chi connectivity index (χ2n) is 5.27. The van der Waals surface area contributed by atoms with Crippen molar-refractivity contribution in [2.24, 2.45) is 5.92 Å². The average Bonchev–Trinajstić information content (AvgIpc) is 2.44. The minimum Gasteiger partial charge on any atom is -0.342 e. The molecule has 1 aliphatic heterocycles. The molecule has 1 fully saturated rings. The van der Waals surface area contributed by atoms with Crippen LogP contribution in [-0.4, -0.2) is 39.3 Å². The zero-order valence-electron chi connectivity index (χ0n) is 12.1. The van der Waals surface area contributed by atoms with Gasteiger partial charge in [-0.1, -0.05) is 20.3 Å². The van der Waals surface area contributed by atoms with Crippen molar-refractivity contribution in [1.82, 2.24) is 20.2 Å². The fourth-order valence-electron chi connectivity index (χ4n) is 2.18. The number of hydrogen-bond acceptors (Lipinski definition) is 4. The van der Waals surface area contributed by atoms with Crippen LogP contribution < -0.4 is 5.32 Å². The number of hydrogen-bond donors (Lipinski definition) is 1. The zero-order valence-corrected chi connectivity index (χ0v) is 12.1. The molecule has 108 valence electrons. The van der Waals surface area contributed by atoms with E-state index in [2.05, 4.69) is 15.3 Å². The first-order valence-corrected chi connectivity index (χ1v) is 6.87. The van der Waals surface area contributed by atoms with Crippen LogP contribution in [0.1, 0.15) is 31.7 Å². The van der Waals surface area contributed by atoms with Gasteiger partial charge in [0.25, 0.3) is 0 Å². The van der Waals surface area contributed by atoms with E-state index in [1.165, 1.54) is 0 Å². The van der Waals surface area contributed by atoms with Crippen LogP contribution in [0.2, 0.25) is 0 Å². The molecule has 1 aromatic heterocycles. The van der Waals surface area contributed by atoms with Crippen molar-refractivity contribution in [2.45, 2.75) is 39.8 Å². The molecule has 1 aliphatic rings. The number of piperazine rings is 1. The van der Waals surface area contributed by atoms with Crippen LogP contribution in [0.5, 0.6) is 0 Å². The summed E-state index contributed by atoms with van der Waals surface area (Å²) in [5.41, 5.74) is 1.52. The van der Waals surface area contributed by atoms with E-state index in [0.717, 1.165) is 12.1 Å². The highest BCUT2D eigenvalue weighted by atomic mass is 16.2. The summed E-state index contributed by atoms with van der Waals surface area (Å²) in [4.78, 5) is 34.1. The van der Waals surface area contributed by atoms with Crippen LogP contribution >= 0.6 is 0 Å². The van der Waals surface area contributed by atoms with E-state index in [9.17, 15) is 9.59 Å². The molecule has 20 heavy (non-hydrogen) atoms. The molecule has 0 aliphatic carbocycles. The van der Waals surface area contributed by atoms with Crippen molar-refractivity contribution in [3.63, 3.8) is 0 Å². The number of aromatic nitrogens is 2. The van der Waals surface area contributed by atoms with Gasteiger partial charge in [-0.15, -0.1) is 0 Å². The molecule has 2 unspecified atom stereocenters. The Bertz CT molecular complexity index is 500. The van der Waals surface area contributed by atoms with Crippen LogP contribution in [0.25, 0.3) is 0 Å². The largest absolute Gasteiger partial charge is 0.342 e. The average molecular weight is 276 g/mol. The third-order valence-corrected chi connectivity index (χ3v) is 3.63. The van der Waals surface area contributed by atoms with Crippen LogP contribution in [0.15, 0.2) is 12.4 Å². The molecular weight excluding hydrogens is 256 g/mol. The minimum absolute atomic E-state index is 0.0404. The Balaban J connectivity index is 2.11. The van der Waals surface area contributed by atoms with Gasteiger partial charge in [0.2, 0.25) is 11.8 Å². The van der Waals surface area contributed by atoms with Gasteiger partial charge in [-0.3, -0.25) is 19.6 Å². The molecule has 1 N–H and O–H groups in total. The summed E-state index contributed by atoms with van der Waals surface area (Å²) in [7, 11) is 0. The van der Waals surface area contributed by atoms with E-state index in [-0.39, 0.29) is 24.3 Å². The predicted octanol–water partition coefficient (Wildman–Crippen LogP) is 0.658. The lowest BCUT2D eigenvalue weighted by Gasteiger charge is -2.34. The van der Waals surface area contributed by atoms with Crippen molar-refractivity contribution in [3.8, 4) is 0 Å². The normalized spacial score (nSPS) is 20.8. The first-order chi connectivity index (χ1) is 9.51. The molecule has 6 heteroatoms. The molecule has 2 amide bonds. The van der Waals surface area contributed by atoms with E-state index < -0.39 is 6.04 Å². The molecular formula is C14H20N4O2. The van der Waals surface area contributed by atoms with Gasteiger partial charge in [0, 0.05) is 6.20 Å². The summed E-state index contributed by atoms with van der Waals surface area (Å²) in [6.45, 7) is 6.25. The van der Waals surface area contributed by atoms with Gasteiger partial charge in [0.15, 0.2) is 0 Å². The van der Waals surface area contributed by atoms with E-state index in [4.69, 9.17) is 0 Å². The quantitative estimate of drug-likeness (QED) is 0.876. The molecule has 0 radical (unpaired) electrons. The van der Waals surface area contributed by atoms with Gasteiger partial charge in [-0.2, -0.15) is 0 Å². The summed E-state index contributed by atoms with van der Waals surface area (Å²) < 4.78 is 0. The molecule has 1 aromatic rings. The predicted molar refractivity (Wildman–Crippen MR) is 73.6 cm³/mol. The molecule has 0 bridgehead atoms. The third-order valence-electron chi connectivity index (χ3n) is 3.63. The van der Waals surface area contributed by atoms with Gasteiger partial charge in [0.05, 0.1) is 24.1 Å². The number of amides is 2. The Kier molecular flexibility index (Phi) is 4.32. The maximum Gasteiger partial charge on any atom is 0.246 e. The van der Waals surface area contributed by atoms with Gasteiger partial charge in [-0.25, -0.2) is 0 Å². The topological polar surface area (TPSA) is 75.2 Å². The van der Waals surface area contributed by atoms with Crippen molar-refractivity contribution in [1.29, 1.82) is 0 Å². The van der Waals surface area contributed by atoms with Crippen molar-refractivity contribution < 1.29 is 9.59 Å². The maximum atomic E-state index is 12.4. The lowest BCUT2D eigenvalue weighted by atomic mass is 9.96. The summed E-state index contributed by atoms with van der Waals surface area (Å²) >= 11 is 0. The van der Waals surface area contributed by atoms with E-state index in [0.29, 0.717) is 12.2 Å². The Labute approximate surface area is 118 Å². The number of nitrogens with zero attached hydrogens (tertiary/aromatic N) is 3. The molecule has 2 heterocycles. The van der Waals surface area contributed by atoms with Crippen LogP contribution in [-0.2, 0) is 16.1 Å². The summed E-state index contributed by atoms with van der Waals surface area (Å²) in [5, 5.41) is 2.78. The Morgan fingerprint density at radius 2 is 2.15 bits per heavy atom. The van der Waals surface area contributed by atoms with Gasteiger partial charge in [-0.05, 0) is 12.8 Å². The molecule has 0 aromatic carbocycles. The number of carbonyl (C=O) groups excluding carboxylic acids is 2. The third kappa shape index (κ3) is 3.12. The first kappa shape index (κ1) is 14.4. The SMILES string of the molecule is CCC(C)C1NC(=O)CN(Cc2cnc(C)cn2)C1=O. The Hall–Kier alpha value is -1.98. The molecule has 6 nitrogen and oxygen atoms in total. The number of rotatable bonds is 4. The van der Waals surface area contributed by atoms with Gasteiger partial charge < -0.3 is 10.2 Å². The fourth-order valence-corrected chi connectivity index (χ4v) is 2.18. The number of aryl methyl sites for hydroxylation is 1. The molecule has 2 atom stereocenters. The molecule has 0 saturated carbocycles. The second kappa shape index (κ2) is 5.98. The highest BCUT2D eigenvalue weighted by Gasteiger charge is 2.35. The lowest BCUT2D eigenvalue weighted by molar-refractivity contribution is -0.146. The van der Waals surface area contributed by atoms with Crippen molar-refractivity contribution in [2.75, 3.05) is 6.54 Å². The van der Waals surface area contributed by atoms with E-state index >= 15 is 0 Å². The Morgan fingerprint density at radius 3 is 2.75 bits per heavy atom. The van der Waals surface area contributed by atoms with E-state index in [1.54, 1.807) is 17.3 Å². The van der Waals surface area contributed by atoms with Crippen LogP contribution in [0.4, 0.5) is 0 Å². The van der Waals surface area contributed by atoms with Crippen molar-refractivity contribution in [3.05, 3.63) is 23.8 Å². The lowest BCUT2D eigenvalue weighted by Crippen LogP contribution is -2.59. The first-order valence-electron chi connectivity index (χ1n) is 6.87. The number of nitrogens with one attached hydrogen (secondary N) is 1. The summed E-state index contributed by atoms with van der Waals surface area (Å²) in [6.07, 6.45) is 4.15. The standard InChI is InChI=1S/C14H20N4O2/c1-4-9(2)13-14(20)18(8-12(19)17-13)7-11-6-15-10(3)5-16-11/h5-6,9,13H,4,7-8H2,1-3H3,(H,17,19). The van der Waals surface area contributed by atoms with Gasteiger partial charge in [0.1, 0.15) is 12.6 Å². The molecule has 0 spiro atoms. The highest BCUT2D eigenvalue weighted by Crippen LogP contribution is 2.15. The highest BCUT2D eigenvalue weighted by molar-refractivity contribution is 5.94. The zero-order chi connectivity index (χ0) is 14.7. The molecule has 2 rings (SSSR count). The van der Waals surface area contributed by atoms with Crippen molar-refractivity contribution >= 4 is 11.8 Å². The van der Waals surface area contributed by atoms with Crippen LogP contribution in [0.3, 0.4) is 0 Å². The van der Waals surface area contributed by atoms with E-state index in [1.807, 2.05) is 20.8 Å². The summed E-state index contributed by atoms with van der Waals surface area (Å²) in [5.74, 6) is -0.0327. The smallest absolute Gasteiger partial charge is 0.246 e. The molecule has 1 saturated heterocycles. The minimum atomic E-state index is -0.431. The fraction of sp³-hybridized carbons (Fsp3) is 0.571. The summed E-state index contributed by atoms with van der Waals surface area (Å²) in [6, 6.07) is -0.431. The Morgan fingerprint density at radius 1 is 1.40 bits per heavy atom. The monoisotopic (exact) mass is 276 g/mol. The van der Waals surface area contributed by atoms with Crippen LogP contribution in [0, 0.1) is 12.8 Å². The van der Waals surface area contributed by atoms with Gasteiger partial charge >= 0.3 is 0 Å².